The van der Waals surface area contributed by atoms with E-state index in [0.29, 0.717) is 17.8 Å². The van der Waals surface area contributed by atoms with E-state index in [9.17, 15) is 14.0 Å². The summed E-state index contributed by atoms with van der Waals surface area (Å²) in [7, 11) is 0. The fourth-order valence-electron chi connectivity index (χ4n) is 5.39. The number of rotatable bonds is 5. The molecule has 1 saturated carbocycles. The van der Waals surface area contributed by atoms with Gasteiger partial charge in [-0.25, -0.2) is 4.39 Å². The maximum atomic E-state index is 13.9. The van der Waals surface area contributed by atoms with Crippen LogP contribution in [0.15, 0.2) is 36.4 Å². The molecule has 3 heterocycles. The smallest absolute Gasteiger partial charge is 0.271 e. The molecule has 1 aliphatic heterocycles. The molecule has 1 atom stereocenters. The third kappa shape index (κ3) is 4.15. The molecule has 5 nitrogen and oxygen atoms in total. The first-order chi connectivity index (χ1) is 16.4. The minimum Gasteiger partial charge on any atom is -0.351 e. The zero-order valence-electron chi connectivity index (χ0n) is 19.9. The van der Waals surface area contributed by atoms with E-state index in [4.69, 9.17) is 0 Å². The number of aryl methyl sites for hydroxylation is 1. The molecule has 1 fully saturated rings. The highest BCUT2D eigenvalue weighted by molar-refractivity contribution is 7.19. The highest BCUT2D eigenvalue weighted by atomic mass is 32.1. The van der Waals surface area contributed by atoms with Crippen molar-refractivity contribution in [2.45, 2.75) is 83.5 Å². The van der Waals surface area contributed by atoms with Crippen LogP contribution in [0.4, 0.5) is 4.39 Å². The van der Waals surface area contributed by atoms with E-state index in [1.54, 1.807) is 28.4 Å². The summed E-state index contributed by atoms with van der Waals surface area (Å²) < 4.78 is 17.0. The highest BCUT2D eigenvalue weighted by Crippen LogP contribution is 2.37. The van der Waals surface area contributed by atoms with E-state index in [0.717, 1.165) is 42.3 Å². The van der Waals surface area contributed by atoms with Gasteiger partial charge in [0.05, 0.1) is 16.8 Å². The number of nitrogens with one attached hydrogen (secondary N) is 1. The molecule has 7 heteroatoms. The van der Waals surface area contributed by atoms with Crippen LogP contribution in [0.25, 0.3) is 10.2 Å². The SMILES string of the molecule is CCc1cc2c(cc3n2C[C@@](C)(C(=O)NC2CCCCCC2)N(Cc2cccc(F)c2)C3=O)s1. The second-order valence-electron chi connectivity index (χ2n) is 9.89. The first-order valence-corrected chi connectivity index (χ1v) is 13.2. The number of fused-ring (bicyclic) bond motifs is 3. The number of amides is 2. The molecule has 0 saturated heterocycles. The summed E-state index contributed by atoms with van der Waals surface area (Å²) in [5.41, 5.74) is 1.21. The Morgan fingerprint density at radius 1 is 1.18 bits per heavy atom. The molecule has 3 aromatic rings. The van der Waals surface area contributed by atoms with Gasteiger partial charge in [-0.05, 0) is 56.0 Å². The van der Waals surface area contributed by atoms with Crippen LogP contribution in [0.5, 0.6) is 0 Å². The standard InChI is InChI=1S/C27H32FN3O2S/c1-3-21-14-22-24(34-21)15-23-25(32)31(16-18-9-8-10-19(28)13-18)27(2,17-30(22)23)26(33)29-20-11-6-4-5-7-12-20/h8-10,13-15,20H,3-7,11-12,16-17H2,1-2H3,(H,29,33)/t27-/m0/s1. The van der Waals surface area contributed by atoms with Crippen LogP contribution in [0.1, 0.15) is 73.3 Å². The first-order valence-electron chi connectivity index (χ1n) is 12.4. The van der Waals surface area contributed by atoms with Crippen LogP contribution in [0.2, 0.25) is 0 Å². The quantitative estimate of drug-likeness (QED) is 0.478. The van der Waals surface area contributed by atoms with Crippen molar-refractivity contribution in [3.63, 3.8) is 0 Å². The Morgan fingerprint density at radius 2 is 1.94 bits per heavy atom. The normalized spacial score (nSPS) is 21.5. The molecule has 0 unspecified atom stereocenters. The Balaban J connectivity index is 1.53. The zero-order chi connectivity index (χ0) is 23.9. The van der Waals surface area contributed by atoms with Crippen molar-refractivity contribution in [2.75, 3.05) is 0 Å². The summed E-state index contributed by atoms with van der Waals surface area (Å²) in [6.07, 6.45) is 7.53. The van der Waals surface area contributed by atoms with Gasteiger partial charge < -0.3 is 14.8 Å². The summed E-state index contributed by atoms with van der Waals surface area (Å²) in [6.45, 7) is 4.55. The van der Waals surface area contributed by atoms with Crippen LogP contribution >= 0.6 is 11.3 Å². The van der Waals surface area contributed by atoms with Gasteiger partial charge in [0.25, 0.3) is 5.91 Å². The Labute approximate surface area is 203 Å². The van der Waals surface area contributed by atoms with Crippen molar-refractivity contribution in [1.82, 2.24) is 14.8 Å². The van der Waals surface area contributed by atoms with E-state index in [2.05, 4.69) is 18.3 Å². The summed E-state index contributed by atoms with van der Waals surface area (Å²) in [5.74, 6) is -0.652. The maximum absolute atomic E-state index is 13.9. The lowest BCUT2D eigenvalue weighted by Gasteiger charge is -2.44. The molecule has 1 N–H and O–H groups in total. The van der Waals surface area contributed by atoms with Crippen LogP contribution < -0.4 is 5.32 Å². The van der Waals surface area contributed by atoms with E-state index in [1.807, 2.05) is 17.6 Å². The van der Waals surface area contributed by atoms with Crippen molar-refractivity contribution in [3.8, 4) is 0 Å². The molecule has 2 aliphatic rings. The minimum absolute atomic E-state index is 0.123. The maximum Gasteiger partial charge on any atom is 0.271 e. The van der Waals surface area contributed by atoms with Crippen molar-refractivity contribution in [1.29, 1.82) is 0 Å². The monoisotopic (exact) mass is 481 g/mol. The number of hydrogen-bond donors (Lipinski definition) is 1. The van der Waals surface area contributed by atoms with Crippen LogP contribution in [0, 0.1) is 5.82 Å². The van der Waals surface area contributed by atoms with Crippen LogP contribution in [-0.2, 0) is 24.3 Å². The van der Waals surface area contributed by atoms with Crippen molar-refractivity contribution in [2.24, 2.45) is 0 Å². The Morgan fingerprint density at radius 3 is 2.65 bits per heavy atom. The molecule has 0 radical (unpaired) electrons. The average molecular weight is 482 g/mol. The molecule has 180 valence electrons. The highest BCUT2D eigenvalue weighted by Gasteiger charge is 2.48. The number of benzene rings is 1. The summed E-state index contributed by atoms with van der Waals surface area (Å²) in [4.78, 5) is 30.6. The topological polar surface area (TPSA) is 54.3 Å². The third-order valence-corrected chi connectivity index (χ3v) is 8.64. The van der Waals surface area contributed by atoms with Gasteiger partial charge >= 0.3 is 0 Å². The minimum atomic E-state index is -1.08. The Kier molecular flexibility index (Phi) is 6.23. The summed E-state index contributed by atoms with van der Waals surface area (Å²) >= 11 is 1.70. The van der Waals surface area contributed by atoms with E-state index < -0.39 is 5.54 Å². The molecule has 1 aliphatic carbocycles. The lowest BCUT2D eigenvalue weighted by Crippen LogP contribution is -2.64. The number of aromatic nitrogens is 1. The van der Waals surface area contributed by atoms with Gasteiger partial charge in [0.15, 0.2) is 0 Å². The van der Waals surface area contributed by atoms with Gasteiger partial charge in [-0.3, -0.25) is 9.59 Å². The number of halogens is 1. The summed E-state index contributed by atoms with van der Waals surface area (Å²) in [6, 6.07) is 10.5. The van der Waals surface area contributed by atoms with Gasteiger partial charge in [0, 0.05) is 17.5 Å². The molecule has 1 aromatic carbocycles. The van der Waals surface area contributed by atoms with Gasteiger partial charge in [-0.2, -0.15) is 0 Å². The van der Waals surface area contributed by atoms with Crippen molar-refractivity contribution in [3.05, 3.63) is 58.3 Å². The largest absolute Gasteiger partial charge is 0.351 e. The number of carbonyl (C=O) groups is 2. The Hall–Kier alpha value is -2.67. The third-order valence-electron chi connectivity index (χ3n) is 7.42. The van der Waals surface area contributed by atoms with E-state index in [1.165, 1.54) is 29.9 Å². The first kappa shape index (κ1) is 23.1. The molecule has 34 heavy (non-hydrogen) atoms. The number of thiophene rings is 1. The van der Waals surface area contributed by atoms with E-state index in [-0.39, 0.29) is 30.2 Å². The summed E-state index contributed by atoms with van der Waals surface area (Å²) in [5, 5.41) is 3.29. The molecule has 0 spiro atoms. The van der Waals surface area contributed by atoms with Crippen molar-refractivity contribution >= 4 is 33.4 Å². The van der Waals surface area contributed by atoms with Crippen LogP contribution in [-0.4, -0.2) is 32.9 Å². The number of nitrogens with zero attached hydrogens (tertiary/aromatic N) is 2. The zero-order valence-corrected chi connectivity index (χ0v) is 20.7. The van der Waals surface area contributed by atoms with E-state index >= 15 is 0 Å². The van der Waals surface area contributed by atoms with Crippen LogP contribution in [0.3, 0.4) is 0 Å². The number of carbonyl (C=O) groups excluding carboxylic acids is 2. The molecular weight excluding hydrogens is 449 g/mol. The Bertz CT molecular complexity index is 1220. The molecule has 0 bridgehead atoms. The molecule has 5 rings (SSSR count). The van der Waals surface area contributed by atoms with Gasteiger partial charge in [-0.15, -0.1) is 11.3 Å². The fraction of sp³-hybridized carbons (Fsp3) is 0.481. The van der Waals surface area contributed by atoms with Gasteiger partial charge in [-0.1, -0.05) is 44.7 Å². The molecule has 2 aromatic heterocycles. The average Bonchev–Trinajstić information content (AvgIpc) is 3.25. The predicted molar refractivity (Wildman–Crippen MR) is 134 cm³/mol. The lowest BCUT2D eigenvalue weighted by molar-refractivity contribution is -0.134. The van der Waals surface area contributed by atoms with Gasteiger partial charge in [0.2, 0.25) is 5.91 Å². The van der Waals surface area contributed by atoms with Crippen molar-refractivity contribution < 1.29 is 14.0 Å². The second-order valence-corrected chi connectivity index (χ2v) is 11.1. The number of hydrogen-bond acceptors (Lipinski definition) is 3. The second kappa shape index (κ2) is 9.17. The molecule has 2 amide bonds. The fourth-order valence-corrected chi connectivity index (χ4v) is 6.43. The van der Waals surface area contributed by atoms with Gasteiger partial charge in [0.1, 0.15) is 17.1 Å². The molecular formula is C27H32FN3O2S. The lowest BCUT2D eigenvalue weighted by atomic mass is 9.93. The predicted octanol–water partition coefficient (Wildman–Crippen LogP) is 5.66.